The minimum Gasteiger partial charge on any atom is -0.338 e. The van der Waals surface area contributed by atoms with Crippen molar-refractivity contribution >= 4 is 22.7 Å². The molecular formula is C25H22N6OS. The Labute approximate surface area is 195 Å². The average Bonchev–Trinajstić information content (AvgIpc) is 3.43. The Morgan fingerprint density at radius 2 is 1.85 bits per heavy atom. The average molecular weight is 455 g/mol. The van der Waals surface area contributed by atoms with Crippen LogP contribution in [0.3, 0.4) is 0 Å². The molecule has 0 radical (unpaired) electrons. The van der Waals surface area contributed by atoms with Crippen LogP contribution in [0.25, 0.3) is 33.5 Å². The van der Waals surface area contributed by atoms with Crippen molar-refractivity contribution in [3.63, 3.8) is 0 Å². The normalized spacial score (nSPS) is 11.2. The van der Waals surface area contributed by atoms with Crippen molar-refractivity contribution in [3.05, 3.63) is 84.5 Å². The number of hydrogen-bond donors (Lipinski definition) is 0. The Morgan fingerprint density at radius 1 is 1.03 bits per heavy atom. The number of benzene rings is 2. The first-order valence-electron chi connectivity index (χ1n) is 10.6. The standard InChI is InChI=1S/C25H22N6OS/c1-4-13-31-24(28-29-25(31)33-15-23-26-17(3)30-32-23)20-14-22(18-11-9-16(2)10-12-18)27-21-8-6-5-7-19(20)21/h4-12,14H,1,13,15H2,2-3H3. The quantitative estimate of drug-likeness (QED) is 0.232. The molecule has 0 atom stereocenters. The number of aromatic nitrogens is 6. The summed E-state index contributed by atoms with van der Waals surface area (Å²) in [5, 5.41) is 14.7. The van der Waals surface area contributed by atoms with Crippen molar-refractivity contribution in [2.75, 3.05) is 0 Å². The van der Waals surface area contributed by atoms with Crippen molar-refractivity contribution in [2.24, 2.45) is 0 Å². The van der Waals surface area contributed by atoms with Crippen molar-refractivity contribution in [3.8, 4) is 22.6 Å². The number of thioether (sulfide) groups is 1. The predicted molar refractivity (Wildman–Crippen MR) is 130 cm³/mol. The second kappa shape index (κ2) is 8.99. The van der Waals surface area contributed by atoms with E-state index in [4.69, 9.17) is 9.51 Å². The second-order valence-electron chi connectivity index (χ2n) is 7.67. The molecule has 2 aromatic carbocycles. The van der Waals surface area contributed by atoms with Gasteiger partial charge in [-0.05, 0) is 26.0 Å². The highest BCUT2D eigenvalue weighted by Gasteiger charge is 2.18. The largest absolute Gasteiger partial charge is 0.338 e. The van der Waals surface area contributed by atoms with Gasteiger partial charge in [-0.15, -0.1) is 16.8 Å². The first-order valence-corrected chi connectivity index (χ1v) is 11.5. The molecule has 0 saturated heterocycles. The maximum atomic E-state index is 5.24. The molecule has 0 spiro atoms. The summed E-state index contributed by atoms with van der Waals surface area (Å²) in [4.78, 5) is 9.19. The maximum Gasteiger partial charge on any atom is 0.237 e. The van der Waals surface area contributed by atoms with E-state index in [1.807, 2.05) is 24.3 Å². The van der Waals surface area contributed by atoms with Crippen molar-refractivity contribution < 1.29 is 4.52 Å². The van der Waals surface area contributed by atoms with E-state index in [2.05, 4.69) is 74.8 Å². The molecule has 0 saturated carbocycles. The van der Waals surface area contributed by atoms with Crippen LogP contribution in [-0.4, -0.2) is 29.9 Å². The smallest absolute Gasteiger partial charge is 0.237 e. The van der Waals surface area contributed by atoms with Crippen molar-refractivity contribution in [1.29, 1.82) is 0 Å². The van der Waals surface area contributed by atoms with Gasteiger partial charge in [-0.1, -0.05) is 71.0 Å². The summed E-state index contributed by atoms with van der Waals surface area (Å²) in [6, 6.07) is 18.6. The van der Waals surface area contributed by atoms with Crippen molar-refractivity contribution in [2.45, 2.75) is 31.3 Å². The molecule has 164 valence electrons. The van der Waals surface area contributed by atoms with Crippen LogP contribution in [0.15, 0.2) is 76.9 Å². The van der Waals surface area contributed by atoms with Crippen LogP contribution in [0, 0.1) is 13.8 Å². The summed E-state index contributed by atoms with van der Waals surface area (Å²) in [5.41, 5.74) is 5.06. The zero-order valence-corrected chi connectivity index (χ0v) is 19.2. The summed E-state index contributed by atoms with van der Waals surface area (Å²) in [5.74, 6) is 2.46. The Balaban J connectivity index is 1.61. The number of rotatable bonds is 7. The molecule has 0 bridgehead atoms. The summed E-state index contributed by atoms with van der Waals surface area (Å²) in [6.07, 6.45) is 1.85. The van der Waals surface area contributed by atoms with E-state index < -0.39 is 0 Å². The molecule has 5 rings (SSSR count). The van der Waals surface area contributed by atoms with Gasteiger partial charge in [0.15, 0.2) is 16.8 Å². The monoisotopic (exact) mass is 454 g/mol. The molecule has 0 aliphatic rings. The lowest BCUT2D eigenvalue weighted by Gasteiger charge is -2.12. The first-order chi connectivity index (χ1) is 16.1. The number of nitrogens with zero attached hydrogens (tertiary/aromatic N) is 6. The number of hydrogen-bond acceptors (Lipinski definition) is 7. The van der Waals surface area contributed by atoms with E-state index in [9.17, 15) is 0 Å². The molecular weight excluding hydrogens is 432 g/mol. The van der Waals surface area contributed by atoms with Crippen LogP contribution in [0.4, 0.5) is 0 Å². The van der Waals surface area contributed by atoms with Gasteiger partial charge in [-0.3, -0.25) is 4.57 Å². The molecule has 7 nitrogen and oxygen atoms in total. The van der Waals surface area contributed by atoms with Gasteiger partial charge in [-0.2, -0.15) is 4.98 Å². The number of para-hydroxylation sites is 1. The third-order valence-corrected chi connectivity index (χ3v) is 6.18. The highest BCUT2D eigenvalue weighted by atomic mass is 32.2. The highest BCUT2D eigenvalue weighted by Crippen LogP contribution is 2.33. The zero-order valence-electron chi connectivity index (χ0n) is 18.4. The number of fused-ring (bicyclic) bond motifs is 1. The minimum atomic E-state index is 0.516. The minimum absolute atomic E-state index is 0.516. The third-order valence-electron chi connectivity index (χ3n) is 5.23. The van der Waals surface area contributed by atoms with Gasteiger partial charge in [0, 0.05) is 23.1 Å². The van der Waals surface area contributed by atoms with Gasteiger partial charge in [0.2, 0.25) is 5.89 Å². The van der Waals surface area contributed by atoms with Gasteiger partial charge in [0.05, 0.1) is 17.0 Å². The van der Waals surface area contributed by atoms with Gasteiger partial charge >= 0.3 is 0 Å². The van der Waals surface area contributed by atoms with E-state index in [-0.39, 0.29) is 0 Å². The summed E-state index contributed by atoms with van der Waals surface area (Å²) in [7, 11) is 0. The van der Waals surface area contributed by atoms with Gasteiger partial charge in [0.25, 0.3) is 0 Å². The number of allylic oxidation sites excluding steroid dienone is 1. The van der Waals surface area contributed by atoms with Crippen LogP contribution < -0.4 is 0 Å². The van der Waals surface area contributed by atoms with Crippen LogP contribution in [0.5, 0.6) is 0 Å². The van der Waals surface area contributed by atoms with Crippen LogP contribution >= 0.6 is 11.8 Å². The van der Waals surface area contributed by atoms with E-state index in [0.29, 0.717) is 24.0 Å². The Bertz CT molecular complexity index is 1440. The summed E-state index contributed by atoms with van der Waals surface area (Å²) < 4.78 is 7.30. The zero-order chi connectivity index (χ0) is 22.8. The van der Waals surface area contributed by atoms with Crippen LogP contribution in [0.2, 0.25) is 0 Å². The molecule has 0 N–H and O–H groups in total. The third kappa shape index (κ3) is 4.29. The molecule has 0 amide bonds. The fourth-order valence-corrected chi connectivity index (χ4v) is 4.43. The lowest BCUT2D eigenvalue weighted by molar-refractivity contribution is 0.387. The second-order valence-corrected chi connectivity index (χ2v) is 8.61. The Kier molecular flexibility index (Phi) is 5.75. The Morgan fingerprint density at radius 3 is 2.61 bits per heavy atom. The van der Waals surface area contributed by atoms with E-state index >= 15 is 0 Å². The summed E-state index contributed by atoms with van der Waals surface area (Å²) >= 11 is 1.51. The number of aryl methyl sites for hydroxylation is 2. The predicted octanol–water partition coefficient (Wildman–Crippen LogP) is 5.64. The highest BCUT2D eigenvalue weighted by molar-refractivity contribution is 7.98. The molecule has 8 heteroatoms. The topological polar surface area (TPSA) is 82.5 Å². The molecule has 5 aromatic rings. The van der Waals surface area contributed by atoms with E-state index in [0.717, 1.165) is 38.7 Å². The van der Waals surface area contributed by atoms with E-state index in [1.165, 1.54) is 17.3 Å². The molecule has 3 heterocycles. The lowest BCUT2D eigenvalue weighted by atomic mass is 10.0. The lowest BCUT2D eigenvalue weighted by Crippen LogP contribution is -2.02. The fraction of sp³-hybridized carbons (Fsp3) is 0.160. The molecule has 3 aromatic heterocycles. The molecule has 0 aliphatic carbocycles. The summed E-state index contributed by atoms with van der Waals surface area (Å²) in [6.45, 7) is 8.38. The first kappa shape index (κ1) is 21.1. The maximum absolute atomic E-state index is 5.24. The molecule has 33 heavy (non-hydrogen) atoms. The number of pyridine rings is 1. The van der Waals surface area contributed by atoms with Crippen LogP contribution in [-0.2, 0) is 12.3 Å². The fourth-order valence-electron chi connectivity index (χ4n) is 3.65. The molecule has 0 aliphatic heterocycles. The SMILES string of the molecule is C=CCn1c(SCc2nc(C)no2)nnc1-c1cc(-c2ccc(C)cc2)nc2ccccc12. The van der Waals surface area contributed by atoms with Gasteiger partial charge < -0.3 is 4.52 Å². The van der Waals surface area contributed by atoms with Crippen molar-refractivity contribution in [1.82, 2.24) is 29.9 Å². The Hall–Kier alpha value is -3.78. The molecule has 0 fully saturated rings. The van der Waals surface area contributed by atoms with Crippen LogP contribution in [0.1, 0.15) is 17.3 Å². The van der Waals surface area contributed by atoms with Gasteiger partial charge in [0.1, 0.15) is 0 Å². The van der Waals surface area contributed by atoms with Gasteiger partial charge in [-0.25, -0.2) is 4.98 Å². The molecule has 0 unspecified atom stereocenters. The van der Waals surface area contributed by atoms with E-state index in [1.54, 1.807) is 6.92 Å².